The minimum atomic E-state index is -0.0110. The SMILES string of the molecule is CC.CC1=C(c2ccccc2)C(c2ccccc2)SC(C)(S)C1. The molecular weight excluding hydrogens is 316 g/mol. The molecule has 0 amide bonds. The van der Waals surface area contributed by atoms with Crippen LogP contribution in [0.2, 0.25) is 0 Å². The third-order valence-electron chi connectivity index (χ3n) is 3.87. The molecular formula is C21H26S2. The fourth-order valence-electron chi connectivity index (χ4n) is 3.04. The maximum absolute atomic E-state index is 4.87. The van der Waals surface area contributed by atoms with Gasteiger partial charge in [-0.25, -0.2) is 0 Å². The third kappa shape index (κ3) is 4.45. The summed E-state index contributed by atoms with van der Waals surface area (Å²) in [4.78, 5) is 0. The van der Waals surface area contributed by atoms with Crippen molar-refractivity contribution in [2.24, 2.45) is 0 Å². The second kappa shape index (κ2) is 8.12. The Kier molecular flexibility index (Phi) is 6.43. The highest BCUT2D eigenvalue weighted by atomic mass is 32.2. The number of hydrogen-bond donors (Lipinski definition) is 1. The molecule has 2 atom stereocenters. The molecule has 0 aliphatic carbocycles. The molecule has 0 bridgehead atoms. The highest BCUT2D eigenvalue weighted by molar-refractivity contribution is 8.12. The molecule has 2 aromatic rings. The lowest BCUT2D eigenvalue weighted by atomic mass is 9.91. The van der Waals surface area contributed by atoms with Crippen LogP contribution in [0.1, 0.15) is 50.5 Å². The van der Waals surface area contributed by atoms with Crippen molar-refractivity contribution in [3.8, 4) is 0 Å². The van der Waals surface area contributed by atoms with Crippen molar-refractivity contribution in [3.05, 3.63) is 77.4 Å². The van der Waals surface area contributed by atoms with Crippen molar-refractivity contribution in [3.63, 3.8) is 0 Å². The molecule has 3 rings (SSSR count). The maximum Gasteiger partial charge on any atom is 0.0600 e. The van der Waals surface area contributed by atoms with Crippen LogP contribution in [0.5, 0.6) is 0 Å². The molecule has 2 aromatic carbocycles. The molecule has 1 aliphatic rings. The molecule has 2 heteroatoms. The van der Waals surface area contributed by atoms with Crippen molar-refractivity contribution >= 4 is 30.0 Å². The molecule has 0 saturated heterocycles. The van der Waals surface area contributed by atoms with E-state index in [2.05, 4.69) is 74.5 Å². The van der Waals surface area contributed by atoms with Gasteiger partial charge in [-0.05, 0) is 37.0 Å². The third-order valence-corrected chi connectivity index (χ3v) is 5.74. The Morgan fingerprint density at radius 1 is 0.957 bits per heavy atom. The van der Waals surface area contributed by atoms with Gasteiger partial charge in [-0.2, -0.15) is 12.6 Å². The molecule has 0 saturated carbocycles. The summed E-state index contributed by atoms with van der Waals surface area (Å²) in [6.07, 6.45) is 1.02. The van der Waals surface area contributed by atoms with Crippen molar-refractivity contribution in [1.29, 1.82) is 0 Å². The van der Waals surface area contributed by atoms with E-state index in [0.29, 0.717) is 5.25 Å². The van der Waals surface area contributed by atoms with Gasteiger partial charge in [0, 0.05) is 0 Å². The second-order valence-corrected chi connectivity index (χ2v) is 8.72. The predicted octanol–water partition coefficient (Wildman–Crippen LogP) is 7.01. The monoisotopic (exact) mass is 342 g/mol. The highest BCUT2D eigenvalue weighted by Crippen LogP contribution is 2.55. The van der Waals surface area contributed by atoms with Crippen LogP contribution in [0.4, 0.5) is 0 Å². The Labute approximate surface area is 150 Å². The summed E-state index contributed by atoms with van der Waals surface area (Å²) in [5, 5.41) is 0.352. The minimum absolute atomic E-state index is 0.0110. The lowest BCUT2D eigenvalue weighted by Crippen LogP contribution is -2.21. The van der Waals surface area contributed by atoms with Crippen LogP contribution in [0.15, 0.2) is 66.2 Å². The first-order valence-corrected chi connectivity index (χ1v) is 9.60. The highest BCUT2D eigenvalue weighted by Gasteiger charge is 2.35. The van der Waals surface area contributed by atoms with E-state index < -0.39 is 0 Å². The van der Waals surface area contributed by atoms with Gasteiger partial charge < -0.3 is 0 Å². The lowest BCUT2D eigenvalue weighted by molar-refractivity contribution is 0.849. The van der Waals surface area contributed by atoms with Gasteiger partial charge in [0.05, 0.1) is 9.33 Å². The average molecular weight is 343 g/mol. The van der Waals surface area contributed by atoms with Gasteiger partial charge in [0.25, 0.3) is 0 Å². The average Bonchev–Trinajstić information content (AvgIpc) is 2.57. The van der Waals surface area contributed by atoms with Crippen LogP contribution < -0.4 is 0 Å². The molecule has 0 spiro atoms. The molecule has 0 fully saturated rings. The van der Waals surface area contributed by atoms with Gasteiger partial charge in [-0.1, -0.05) is 80.1 Å². The van der Waals surface area contributed by atoms with Gasteiger partial charge in [-0.15, -0.1) is 11.8 Å². The van der Waals surface area contributed by atoms with Crippen LogP contribution in [-0.2, 0) is 0 Å². The fraction of sp³-hybridized carbons (Fsp3) is 0.333. The van der Waals surface area contributed by atoms with E-state index in [-0.39, 0.29) is 4.08 Å². The van der Waals surface area contributed by atoms with E-state index in [1.807, 2.05) is 25.6 Å². The first-order valence-electron chi connectivity index (χ1n) is 8.27. The molecule has 2 unspecified atom stereocenters. The summed E-state index contributed by atoms with van der Waals surface area (Å²) in [5.74, 6) is 0. The standard InChI is InChI=1S/C19H20S2.C2H6/c1-14-13-19(2,20)21-18(16-11-7-4-8-12-16)17(14)15-9-5-3-6-10-15;1-2/h3-12,18,20H,13H2,1-2H3;1-2H3. The second-order valence-electron chi connectivity index (χ2n) is 5.82. The predicted molar refractivity (Wildman–Crippen MR) is 109 cm³/mol. The van der Waals surface area contributed by atoms with E-state index in [9.17, 15) is 0 Å². The maximum atomic E-state index is 4.87. The van der Waals surface area contributed by atoms with Crippen molar-refractivity contribution in [2.45, 2.75) is 43.4 Å². The smallest absolute Gasteiger partial charge is 0.0600 e. The van der Waals surface area contributed by atoms with Crippen LogP contribution in [0.25, 0.3) is 5.57 Å². The van der Waals surface area contributed by atoms with E-state index in [0.717, 1.165) is 6.42 Å². The van der Waals surface area contributed by atoms with Gasteiger partial charge in [-0.3, -0.25) is 0 Å². The van der Waals surface area contributed by atoms with Crippen LogP contribution >= 0.6 is 24.4 Å². The topological polar surface area (TPSA) is 0 Å². The zero-order valence-electron chi connectivity index (χ0n) is 14.4. The Balaban J connectivity index is 0.000000924. The summed E-state index contributed by atoms with van der Waals surface area (Å²) >= 11 is 6.82. The van der Waals surface area contributed by atoms with Crippen molar-refractivity contribution in [2.75, 3.05) is 0 Å². The Morgan fingerprint density at radius 3 is 2.04 bits per heavy atom. The van der Waals surface area contributed by atoms with E-state index in [4.69, 9.17) is 12.6 Å². The zero-order chi connectivity index (χ0) is 16.9. The van der Waals surface area contributed by atoms with Gasteiger partial charge in [0.2, 0.25) is 0 Å². The quantitative estimate of drug-likeness (QED) is 0.573. The number of thiol groups is 1. The number of rotatable bonds is 2. The summed E-state index contributed by atoms with van der Waals surface area (Å²) in [7, 11) is 0. The Morgan fingerprint density at radius 2 is 1.48 bits per heavy atom. The molecule has 23 heavy (non-hydrogen) atoms. The Hall–Kier alpha value is -1.12. The first-order chi connectivity index (χ1) is 11.1. The van der Waals surface area contributed by atoms with Gasteiger partial charge in [0.1, 0.15) is 0 Å². The van der Waals surface area contributed by atoms with Crippen molar-refractivity contribution < 1.29 is 0 Å². The van der Waals surface area contributed by atoms with Crippen LogP contribution in [0, 0.1) is 0 Å². The summed E-state index contributed by atoms with van der Waals surface area (Å²) in [6.45, 7) is 8.48. The summed E-state index contributed by atoms with van der Waals surface area (Å²) in [6, 6.07) is 21.5. The molecule has 0 nitrogen and oxygen atoms in total. The van der Waals surface area contributed by atoms with Crippen LogP contribution in [-0.4, -0.2) is 4.08 Å². The molecule has 1 aliphatic heterocycles. The zero-order valence-corrected chi connectivity index (χ0v) is 16.1. The normalized spacial score (nSPS) is 24.0. The largest absolute Gasteiger partial charge is 0.161 e. The van der Waals surface area contributed by atoms with E-state index in [1.165, 1.54) is 22.3 Å². The number of thioether (sulfide) groups is 1. The Bertz CT molecular complexity index is 642. The molecule has 1 heterocycles. The molecule has 0 N–H and O–H groups in total. The van der Waals surface area contributed by atoms with Gasteiger partial charge >= 0.3 is 0 Å². The number of allylic oxidation sites excluding steroid dienone is 1. The van der Waals surface area contributed by atoms with Crippen molar-refractivity contribution in [1.82, 2.24) is 0 Å². The summed E-state index contributed by atoms with van der Waals surface area (Å²) in [5.41, 5.74) is 5.60. The molecule has 0 aromatic heterocycles. The molecule has 0 radical (unpaired) electrons. The summed E-state index contributed by atoms with van der Waals surface area (Å²) < 4.78 is -0.0110. The van der Waals surface area contributed by atoms with E-state index >= 15 is 0 Å². The lowest BCUT2D eigenvalue weighted by Gasteiger charge is -2.37. The van der Waals surface area contributed by atoms with E-state index in [1.54, 1.807) is 0 Å². The van der Waals surface area contributed by atoms with Gasteiger partial charge in [0.15, 0.2) is 0 Å². The number of benzene rings is 2. The number of hydrogen-bond acceptors (Lipinski definition) is 2. The fourth-order valence-corrected chi connectivity index (χ4v) is 5.15. The van der Waals surface area contributed by atoms with Crippen LogP contribution in [0.3, 0.4) is 0 Å². The molecule has 122 valence electrons. The minimum Gasteiger partial charge on any atom is -0.161 e. The first kappa shape index (κ1) is 18.2.